The van der Waals surface area contributed by atoms with Gasteiger partial charge in [0.15, 0.2) is 11.6 Å². The fourth-order valence-corrected chi connectivity index (χ4v) is 4.62. The van der Waals surface area contributed by atoms with Crippen molar-refractivity contribution < 1.29 is 4.79 Å². The molecule has 152 valence electrons. The molecule has 1 N–H and O–H groups in total. The van der Waals surface area contributed by atoms with Crippen LogP contribution in [0.4, 0.5) is 5.95 Å². The van der Waals surface area contributed by atoms with Gasteiger partial charge in [0, 0.05) is 23.3 Å². The number of hydrogen-bond donors (Lipinski definition) is 1. The number of carbonyl (C=O) groups is 1. The van der Waals surface area contributed by atoms with Crippen LogP contribution in [0.3, 0.4) is 0 Å². The van der Waals surface area contributed by atoms with Crippen molar-refractivity contribution in [1.29, 1.82) is 0 Å². The van der Waals surface area contributed by atoms with Crippen LogP contribution in [-0.4, -0.2) is 20.5 Å². The molecular formula is C23H20Cl2N4O. The predicted molar refractivity (Wildman–Crippen MR) is 119 cm³/mol. The number of hydrogen-bond acceptors (Lipinski definition) is 4. The third-order valence-corrected chi connectivity index (χ3v) is 6.36. The summed E-state index contributed by atoms with van der Waals surface area (Å²) in [5.74, 6) is 1.34. The van der Waals surface area contributed by atoms with Crippen LogP contribution < -0.4 is 5.32 Å². The number of allylic oxidation sites excluding steroid dienone is 2. The highest BCUT2D eigenvalue weighted by Gasteiger charge is 2.42. The number of halogens is 2. The Labute approximate surface area is 184 Å². The van der Waals surface area contributed by atoms with Crippen molar-refractivity contribution in [2.45, 2.75) is 32.7 Å². The van der Waals surface area contributed by atoms with Crippen molar-refractivity contribution in [1.82, 2.24) is 14.8 Å². The monoisotopic (exact) mass is 438 g/mol. The molecule has 3 aromatic rings. The van der Waals surface area contributed by atoms with Gasteiger partial charge in [0.1, 0.15) is 6.04 Å². The van der Waals surface area contributed by atoms with Gasteiger partial charge in [-0.1, -0.05) is 73.4 Å². The number of carbonyl (C=O) groups excluding carboxylic acids is 1. The lowest BCUT2D eigenvalue weighted by atomic mass is 9.73. The molecule has 1 aliphatic heterocycles. The highest BCUT2D eigenvalue weighted by molar-refractivity contribution is 6.42. The van der Waals surface area contributed by atoms with Crippen LogP contribution in [0.5, 0.6) is 0 Å². The van der Waals surface area contributed by atoms with Crippen molar-refractivity contribution in [3.05, 3.63) is 75.4 Å². The number of anilines is 1. The zero-order valence-corrected chi connectivity index (χ0v) is 18.1. The normalized spacial score (nSPS) is 19.9. The first-order valence-electron chi connectivity index (χ1n) is 9.82. The number of nitrogens with one attached hydrogen (secondary N) is 1. The molecule has 0 radical (unpaired) electrons. The zero-order chi connectivity index (χ0) is 21.0. The summed E-state index contributed by atoms with van der Waals surface area (Å²) < 4.78 is 1.79. The first kappa shape index (κ1) is 19.3. The highest BCUT2D eigenvalue weighted by atomic mass is 35.5. The topological polar surface area (TPSA) is 59.8 Å². The number of aromatic nitrogens is 3. The van der Waals surface area contributed by atoms with E-state index in [-0.39, 0.29) is 11.2 Å². The molecule has 7 heteroatoms. The molecule has 5 rings (SSSR count). The lowest BCUT2D eigenvalue weighted by molar-refractivity contribution is -0.118. The molecule has 1 aliphatic carbocycles. The molecule has 0 saturated carbocycles. The van der Waals surface area contributed by atoms with E-state index in [9.17, 15) is 4.79 Å². The summed E-state index contributed by atoms with van der Waals surface area (Å²) in [6.07, 6.45) is 1.25. The summed E-state index contributed by atoms with van der Waals surface area (Å²) in [5, 5.41) is 9.09. The summed E-state index contributed by atoms with van der Waals surface area (Å²) >= 11 is 12.5. The van der Waals surface area contributed by atoms with Gasteiger partial charge in [-0.3, -0.25) is 4.79 Å². The highest BCUT2D eigenvalue weighted by Crippen LogP contribution is 2.46. The Morgan fingerprint density at radius 2 is 1.83 bits per heavy atom. The Hall–Kier alpha value is -2.63. The first-order chi connectivity index (χ1) is 14.3. The molecule has 0 amide bonds. The van der Waals surface area contributed by atoms with Crippen molar-refractivity contribution in [2.75, 3.05) is 5.32 Å². The maximum atomic E-state index is 13.2. The van der Waals surface area contributed by atoms with E-state index in [1.165, 1.54) is 0 Å². The SMILES string of the molecule is CC1(C)CC(=O)C2=C(C1)Nc1nc(-c3ccccc3)nn1C2c1ccc(Cl)c(Cl)c1. The lowest BCUT2D eigenvalue weighted by Gasteiger charge is -2.38. The molecule has 30 heavy (non-hydrogen) atoms. The van der Waals surface area contributed by atoms with Gasteiger partial charge in [-0.2, -0.15) is 4.98 Å². The van der Waals surface area contributed by atoms with Gasteiger partial charge in [0.2, 0.25) is 5.95 Å². The van der Waals surface area contributed by atoms with Crippen LogP contribution in [0.1, 0.15) is 38.3 Å². The van der Waals surface area contributed by atoms with Crippen molar-refractivity contribution >= 4 is 34.9 Å². The number of nitrogens with zero attached hydrogens (tertiary/aromatic N) is 3. The standard InChI is InChI=1S/C23H20Cl2N4O/c1-23(2)11-17-19(18(30)12-23)20(14-8-9-15(24)16(25)10-14)29-22(26-17)27-21(28-29)13-6-4-3-5-7-13/h3-10,20H,11-12H2,1-2H3,(H,26,27,28). The van der Waals surface area contributed by atoms with E-state index in [4.69, 9.17) is 33.3 Å². The molecular weight excluding hydrogens is 419 g/mol. The molecule has 2 aromatic carbocycles. The first-order valence-corrected chi connectivity index (χ1v) is 10.6. The predicted octanol–water partition coefficient (Wildman–Crippen LogP) is 5.91. The van der Waals surface area contributed by atoms with Crippen LogP contribution in [0.25, 0.3) is 11.4 Å². The summed E-state index contributed by atoms with van der Waals surface area (Å²) in [6.45, 7) is 4.22. The Kier molecular flexibility index (Phi) is 4.49. The minimum absolute atomic E-state index is 0.116. The summed E-state index contributed by atoms with van der Waals surface area (Å²) in [5.41, 5.74) is 3.29. The van der Waals surface area contributed by atoms with Gasteiger partial charge in [-0.05, 0) is 29.5 Å². The number of ketones is 1. The largest absolute Gasteiger partial charge is 0.328 e. The van der Waals surface area contributed by atoms with Crippen LogP contribution in [0.15, 0.2) is 59.8 Å². The maximum absolute atomic E-state index is 13.2. The minimum Gasteiger partial charge on any atom is -0.328 e. The fourth-order valence-electron chi connectivity index (χ4n) is 4.31. The second-order valence-electron chi connectivity index (χ2n) is 8.60. The average Bonchev–Trinajstić information content (AvgIpc) is 3.12. The van der Waals surface area contributed by atoms with Crippen LogP contribution >= 0.6 is 23.2 Å². The Morgan fingerprint density at radius 3 is 2.57 bits per heavy atom. The van der Waals surface area contributed by atoms with Gasteiger partial charge in [0.05, 0.1) is 10.0 Å². The average molecular weight is 439 g/mol. The van der Waals surface area contributed by atoms with Crippen molar-refractivity contribution in [3.63, 3.8) is 0 Å². The van der Waals surface area contributed by atoms with Gasteiger partial charge in [-0.15, -0.1) is 5.10 Å². The molecule has 0 bridgehead atoms. The second kappa shape index (κ2) is 6.96. The Balaban J connectivity index is 1.70. The molecule has 5 nitrogen and oxygen atoms in total. The van der Waals surface area contributed by atoms with Gasteiger partial charge >= 0.3 is 0 Å². The molecule has 2 aliphatic rings. The number of rotatable bonds is 2. The lowest BCUT2D eigenvalue weighted by Crippen LogP contribution is -2.36. The molecule has 0 saturated heterocycles. The Morgan fingerprint density at radius 1 is 1.07 bits per heavy atom. The summed E-state index contributed by atoms with van der Waals surface area (Å²) in [4.78, 5) is 18.0. The van der Waals surface area contributed by atoms with E-state index in [2.05, 4.69) is 19.2 Å². The number of fused-ring (bicyclic) bond motifs is 1. The van der Waals surface area contributed by atoms with Crippen molar-refractivity contribution in [2.24, 2.45) is 5.41 Å². The fraction of sp³-hybridized carbons (Fsp3) is 0.261. The van der Waals surface area contributed by atoms with E-state index in [0.29, 0.717) is 28.2 Å². The molecule has 1 atom stereocenters. The smallest absolute Gasteiger partial charge is 0.226 e. The Bertz CT molecular complexity index is 1200. The van der Waals surface area contributed by atoms with E-state index < -0.39 is 6.04 Å². The van der Waals surface area contributed by atoms with E-state index in [1.807, 2.05) is 42.5 Å². The van der Waals surface area contributed by atoms with Gasteiger partial charge in [0.25, 0.3) is 0 Å². The van der Waals surface area contributed by atoms with E-state index >= 15 is 0 Å². The molecule has 0 spiro atoms. The summed E-state index contributed by atoms with van der Waals surface area (Å²) in [7, 11) is 0. The van der Waals surface area contributed by atoms with Crippen LogP contribution in [-0.2, 0) is 4.79 Å². The van der Waals surface area contributed by atoms with Crippen molar-refractivity contribution in [3.8, 4) is 11.4 Å². The number of Topliss-reactive ketones (excluding diaryl/α,β-unsaturated/α-hetero) is 1. The maximum Gasteiger partial charge on any atom is 0.226 e. The van der Waals surface area contributed by atoms with Gasteiger partial charge < -0.3 is 5.32 Å². The molecule has 1 unspecified atom stereocenters. The second-order valence-corrected chi connectivity index (χ2v) is 9.42. The third kappa shape index (κ3) is 3.22. The van der Waals surface area contributed by atoms with E-state index in [1.54, 1.807) is 10.7 Å². The number of benzene rings is 2. The van der Waals surface area contributed by atoms with E-state index in [0.717, 1.165) is 28.8 Å². The molecule has 2 heterocycles. The molecule has 0 fully saturated rings. The zero-order valence-electron chi connectivity index (χ0n) is 16.6. The summed E-state index contributed by atoms with van der Waals surface area (Å²) in [6, 6.07) is 14.9. The molecule has 1 aromatic heterocycles. The quantitative estimate of drug-likeness (QED) is 0.539. The van der Waals surface area contributed by atoms with Crippen LogP contribution in [0.2, 0.25) is 10.0 Å². The third-order valence-electron chi connectivity index (χ3n) is 5.62. The van der Waals surface area contributed by atoms with Gasteiger partial charge in [-0.25, -0.2) is 4.68 Å². The minimum atomic E-state index is -0.403. The van der Waals surface area contributed by atoms with Crippen LogP contribution in [0, 0.1) is 5.41 Å².